The molecule has 1 saturated carbocycles. The van der Waals surface area contributed by atoms with Crippen molar-refractivity contribution in [2.45, 2.75) is 51.4 Å². The van der Waals surface area contributed by atoms with Gasteiger partial charge in [-0.1, -0.05) is 61.0 Å². The van der Waals surface area contributed by atoms with Gasteiger partial charge >= 0.3 is 0 Å². The van der Waals surface area contributed by atoms with Crippen LogP contribution in [0.2, 0.25) is 0 Å². The second-order valence-corrected chi connectivity index (χ2v) is 8.32. The van der Waals surface area contributed by atoms with E-state index in [4.69, 9.17) is 0 Å². The summed E-state index contributed by atoms with van der Waals surface area (Å²) in [5.41, 5.74) is 5.94. The summed E-state index contributed by atoms with van der Waals surface area (Å²) in [6.45, 7) is 8.46. The molecule has 0 amide bonds. The molecule has 0 N–H and O–H groups in total. The number of nitrogens with zero attached hydrogens (tertiary/aromatic N) is 1. The fourth-order valence-corrected chi connectivity index (χ4v) is 4.52. The van der Waals surface area contributed by atoms with Gasteiger partial charge < -0.3 is 4.90 Å². The van der Waals surface area contributed by atoms with Crippen LogP contribution < -0.4 is 0 Å². The Morgan fingerprint density at radius 1 is 0.960 bits per heavy atom. The van der Waals surface area contributed by atoms with Gasteiger partial charge in [0, 0.05) is 6.54 Å². The van der Waals surface area contributed by atoms with E-state index in [0.29, 0.717) is 5.41 Å². The monoisotopic (exact) mass is 333 g/mol. The quantitative estimate of drug-likeness (QED) is 0.667. The SMILES string of the molecule is CCC1(c2ccc(-c3cccc(C)c3)cc2)CCN(CC2CC2)CC1. The molecule has 1 nitrogen and oxygen atoms in total. The lowest BCUT2D eigenvalue weighted by Gasteiger charge is -2.42. The number of piperidine rings is 1. The van der Waals surface area contributed by atoms with Crippen LogP contribution in [0.4, 0.5) is 0 Å². The second kappa shape index (κ2) is 6.96. The van der Waals surface area contributed by atoms with E-state index in [0.717, 1.165) is 5.92 Å². The van der Waals surface area contributed by atoms with E-state index in [1.165, 1.54) is 68.4 Å². The fourth-order valence-electron chi connectivity index (χ4n) is 4.52. The van der Waals surface area contributed by atoms with Crippen LogP contribution in [0.15, 0.2) is 48.5 Å². The van der Waals surface area contributed by atoms with E-state index in [1.54, 1.807) is 5.56 Å². The first-order valence-electron chi connectivity index (χ1n) is 10.1. The van der Waals surface area contributed by atoms with Crippen LogP contribution in [0.25, 0.3) is 11.1 Å². The van der Waals surface area contributed by atoms with Crippen molar-refractivity contribution in [3.05, 3.63) is 59.7 Å². The van der Waals surface area contributed by atoms with Gasteiger partial charge in [-0.05, 0) is 80.1 Å². The van der Waals surface area contributed by atoms with Gasteiger partial charge in [0.2, 0.25) is 0 Å². The van der Waals surface area contributed by atoms with E-state index in [1.807, 2.05) is 0 Å². The highest BCUT2D eigenvalue weighted by Crippen LogP contribution is 2.40. The topological polar surface area (TPSA) is 3.24 Å². The Hall–Kier alpha value is -1.60. The van der Waals surface area contributed by atoms with Gasteiger partial charge in [-0.2, -0.15) is 0 Å². The summed E-state index contributed by atoms with van der Waals surface area (Å²) in [7, 11) is 0. The Labute approximate surface area is 153 Å². The van der Waals surface area contributed by atoms with Crippen LogP contribution in [0.5, 0.6) is 0 Å². The molecule has 0 aromatic heterocycles. The number of benzene rings is 2. The van der Waals surface area contributed by atoms with Gasteiger partial charge in [0.05, 0.1) is 0 Å². The van der Waals surface area contributed by atoms with E-state index in [9.17, 15) is 0 Å². The molecule has 0 spiro atoms. The normalized spacial score (nSPS) is 20.6. The molecule has 2 aromatic carbocycles. The van der Waals surface area contributed by atoms with Crippen molar-refractivity contribution in [2.24, 2.45) is 5.92 Å². The van der Waals surface area contributed by atoms with Crippen molar-refractivity contribution < 1.29 is 0 Å². The van der Waals surface area contributed by atoms with Gasteiger partial charge in [-0.25, -0.2) is 0 Å². The van der Waals surface area contributed by atoms with Gasteiger partial charge in [-0.15, -0.1) is 0 Å². The Kier molecular flexibility index (Phi) is 4.69. The summed E-state index contributed by atoms with van der Waals surface area (Å²) in [5, 5.41) is 0. The molecular formula is C24H31N. The first-order valence-corrected chi connectivity index (χ1v) is 10.1. The number of aryl methyl sites for hydroxylation is 1. The smallest absolute Gasteiger partial charge is 0.000967 e. The van der Waals surface area contributed by atoms with Crippen molar-refractivity contribution >= 4 is 0 Å². The zero-order chi connectivity index (χ0) is 17.3. The molecule has 25 heavy (non-hydrogen) atoms. The average molecular weight is 334 g/mol. The predicted octanol–water partition coefficient (Wildman–Crippen LogP) is 5.82. The molecule has 0 radical (unpaired) electrons. The summed E-state index contributed by atoms with van der Waals surface area (Å²) >= 11 is 0. The molecule has 1 heterocycles. The number of hydrogen-bond donors (Lipinski definition) is 0. The zero-order valence-corrected chi connectivity index (χ0v) is 15.8. The maximum Gasteiger partial charge on any atom is 0.000967 e. The molecule has 0 unspecified atom stereocenters. The van der Waals surface area contributed by atoms with Gasteiger partial charge in [0.25, 0.3) is 0 Å². The highest BCUT2D eigenvalue weighted by atomic mass is 15.1. The average Bonchev–Trinajstić information content (AvgIpc) is 3.47. The standard InChI is InChI=1S/C24H31N/c1-3-24(13-15-25(16-14-24)18-20-7-8-20)23-11-9-21(10-12-23)22-6-4-5-19(2)17-22/h4-6,9-12,17,20H,3,7-8,13-16,18H2,1-2H3. The predicted molar refractivity (Wildman–Crippen MR) is 107 cm³/mol. The lowest BCUT2D eigenvalue weighted by Crippen LogP contribution is -2.43. The minimum absolute atomic E-state index is 0.394. The lowest BCUT2D eigenvalue weighted by atomic mass is 9.70. The van der Waals surface area contributed by atoms with Crippen LogP contribution in [-0.2, 0) is 5.41 Å². The molecule has 132 valence electrons. The van der Waals surface area contributed by atoms with Crippen molar-refractivity contribution in [1.29, 1.82) is 0 Å². The fraction of sp³-hybridized carbons (Fsp3) is 0.500. The molecule has 1 heteroatoms. The second-order valence-electron chi connectivity index (χ2n) is 8.32. The Bertz CT molecular complexity index is 703. The highest BCUT2D eigenvalue weighted by molar-refractivity contribution is 5.64. The first-order chi connectivity index (χ1) is 12.2. The Balaban J connectivity index is 1.49. The van der Waals surface area contributed by atoms with Crippen LogP contribution >= 0.6 is 0 Å². The molecule has 4 rings (SSSR count). The van der Waals surface area contributed by atoms with E-state index in [-0.39, 0.29) is 0 Å². The largest absolute Gasteiger partial charge is 0.303 e. The Morgan fingerprint density at radius 2 is 1.68 bits per heavy atom. The van der Waals surface area contributed by atoms with E-state index in [2.05, 4.69) is 67.3 Å². The van der Waals surface area contributed by atoms with Gasteiger partial charge in [-0.3, -0.25) is 0 Å². The molecule has 2 aliphatic rings. The first kappa shape index (κ1) is 16.8. The third-order valence-corrected chi connectivity index (χ3v) is 6.55. The molecule has 2 aromatic rings. The summed E-state index contributed by atoms with van der Waals surface area (Å²) in [5.74, 6) is 1.02. The van der Waals surface area contributed by atoms with Gasteiger partial charge in [0.15, 0.2) is 0 Å². The third-order valence-electron chi connectivity index (χ3n) is 6.55. The van der Waals surface area contributed by atoms with Crippen LogP contribution in [0.1, 0.15) is 50.2 Å². The highest BCUT2D eigenvalue weighted by Gasteiger charge is 2.36. The Morgan fingerprint density at radius 3 is 2.28 bits per heavy atom. The molecule has 1 aliphatic carbocycles. The van der Waals surface area contributed by atoms with Crippen molar-refractivity contribution in [2.75, 3.05) is 19.6 Å². The lowest BCUT2D eigenvalue weighted by molar-refractivity contribution is 0.150. The van der Waals surface area contributed by atoms with Crippen LogP contribution in [0, 0.1) is 12.8 Å². The minimum atomic E-state index is 0.394. The van der Waals surface area contributed by atoms with Gasteiger partial charge in [0.1, 0.15) is 0 Å². The van der Waals surface area contributed by atoms with E-state index >= 15 is 0 Å². The zero-order valence-electron chi connectivity index (χ0n) is 15.8. The number of likely N-dealkylation sites (tertiary alicyclic amines) is 1. The molecular weight excluding hydrogens is 302 g/mol. The maximum atomic E-state index is 2.71. The number of hydrogen-bond acceptors (Lipinski definition) is 1. The molecule has 0 atom stereocenters. The van der Waals surface area contributed by atoms with Crippen LogP contribution in [-0.4, -0.2) is 24.5 Å². The maximum absolute atomic E-state index is 2.71. The summed E-state index contributed by atoms with van der Waals surface area (Å²) in [4.78, 5) is 2.71. The van der Waals surface area contributed by atoms with Crippen LogP contribution in [0.3, 0.4) is 0 Å². The molecule has 0 bridgehead atoms. The molecule has 1 saturated heterocycles. The molecule has 2 fully saturated rings. The van der Waals surface area contributed by atoms with E-state index < -0.39 is 0 Å². The summed E-state index contributed by atoms with van der Waals surface area (Å²) < 4.78 is 0. The summed E-state index contributed by atoms with van der Waals surface area (Å²) in [6.07, 6.45) is 6.83. The van der Waals surface area contributed by atoms with Crippen molar-refractivity contribution in [3.63, 3.8) is 0 Å². The van der Waals surface area contributed by atoms with Crippen molar-refractivity contribution in [3.8, 4) is 11.1 Å². The summed E-state index contributed by atoms with van der Waals surface area (Å²) in [6, 6.07) is 18.3. The minimum Gasteiger partial charge on any atom is -0.303 e. The molecule has 1 aliphatic heterocycles. The third kappa shape index (κ3) is 3.67. The number of rotatable bonds is 5. The van der Waals surface area contributed by atoms with Crippen molar-refractivity contribution in [1.82, 2.24) is 4.90 Å².